The number of halogens is 1. The van der Waals surface area contributed by atoms with Crippen LogP contribution in [-0.2, 0) is 9.59 Å². The summed E-state index contributed by atoms with van der Waals surface area (Å²) in [7, 11) is 0. The number of fused-ring (bicyclic) bond motifs is 1. The fourth-order valence-corrected chi connectivity index (χ4v) is 3.18. The van der Waals surface area contributed by atoms with E-state index in [0.29, 0.717) is 42.0 Å². The predicted molar refractivity (Wildman–Crippen MR) is 89.4 cm³/mol. The van der Waals surface area contributed by atoms with Crippen molar-refractivity contribution in [3.05, 3.63) is 17.2 Å². The number of nitrogens with zero attached hydrogens (tertiary/aromatic N) is 1. The van der Waals surface area contributed by atoms with Gasteiger partial charge in [0.05, 0.1) is 23.2 Å². The molecule has 7 nitrogen and oxygen atoms in total. The van der Waals surface area contributed by atoms with Gasteiger partial charge in [-0.1, -0.05) is 11.6 Å². The van der Waals surface area contributed by atoms with E-state index in [1.807, 2.05) is 4.90 Å². The maximum absolute atomic E-state index is 12.3. The average molecular weight is 354 g/mol. The highest BCUT2D eigenvalue weighted by atomic mass is 35.5. The second-order valence-corrected chi connectivity index (χ2v) is 6.41. The summed E-state index contributed by atoms with van der Waals surface area (Å²) in [5.74, 6) is 0.440. The van der Waals surface area contributed by atoms with E-state index in [9.17, 15) is 9.59 Å². The summed E-state index contributed by atoms with van der Waals surface area (Å²) in [4.78, 5) is 25.5. The lowest BCUT2D eigenvalue weighted by molar-refractivity contribution is -0.125. The van der Waals surface area contributed by atoms with Gasteiger partial charge < -0.3 is 20.5 Å². The van der Waals surface area contributed by atoms with Gasteiger partial charge in [0.25, 0.3) is 0 Å². The van der Waals surface area contributed by atoms with Gasteiger partial charge in [-0.3, -0.25) is 14.5 Å². The number of benzene rings is 1. The molecule has 0 saturated carbocycles. The van der Waals surface area contributed by atoms with Crippen LogP contribution in [0, 0.1) is 5.92 Å². The van der Waals surface area contributed by atoms with Crippen molar-refractivity contribution in [2.75, 3.05) is 38.2 Å². The molecule has 0 aliphatic carbocycles. The lowest BCUT2D eigenvalue weighted by Crippen LogP contribution is -2.44. The summed E-state index contributed by atoms with van der Waals surface area (Å²) in [5.41, 5.74) is 5.84. The van der Waals surface area contributed by atoms with Gasteiger partial charge in [-0.05, 0) is 19.4 Å². The zero-order chi connectivity index (χ0) is 17.1. The Hall–Kier alpha value is -1.99. The van der Waals surface area contributed by atoms with E-state index in [-0.39, 0.29) is 24.3 Å². The van der Waals surface area contributed by atoms with Crippen molar-refractivity contribution in [2.45, 2.75) is 12.8 Å². The van der Waals surface area contributed by atoms with Crippen LogP contribution < -0.4 is 20.5 Å². The van der Waals surface area contributed by atoms with Crippen molar-refractivity contribution in [1.82, 2.24) is 4.90 Å². The summed E-state index contributed by atoms with van der Waals surface area (Å²) in [6, 6.07) is 3.30. The average Bonchev–Trinajstić information content (AvgIpc) is 2.55. The Balaban J connectivity index is 1.61. The van der Waals surface area contributed by atoms with Crippen LogP contribution in [0.25, 0.3) is 0 Å². The van der Waals surface area contributed by atoms with Gasteiger partial charge in [0, 0.05) is 18.7 Å². The van der Waals surface area contributed by atoms with Crippen LogP contribution in [-0.4, -0.2) is 49.6 Å². The molecule has 0 bridgehead atoms. The number of hydrogen-bond donors (Lipinski definition) is 2. The molecule has 2 aliphatic heterocycles. The molecule has 8 heteroatoms. The normalized spacial score (nSPS) is 20.5. The quantitative estimate of drug-likeness (QED) is 0.849. The fourth-order valence-electron chi connectivity index (χ4n) is 2.98. The number of hydrogen-bond acceptors (Lipinski definition) is 5. The van der Waals surface area contributed by atoms with Crippen molar-refractivity contribution in [1.29, 1.82) is 0 Å². The van der Waals surface area contributed by atoms with Gasteiger partial charge >= 0.3 is 0 Å². The van der Waals surface area contributed by atoms with E-state index < -0.39 is 0 Å². The third-order valence-electron chi connectivity index (χ3n) is 4.18. The van der Waals surface area contributed by atoms with E-state index in [1.165, 1.54) is 0 Å². The van der Waals surface area contributed by atoms with Crippen molar-refractivity contribution in [3.63, 3.8) is 0 Å². The zero-order valence-corrected chi connectivity index (χ0v) is 14.0. The minimum Gasteiger partial charge on any atom is -0.486 e. The lowest BCUT2D eigenvalue weighted by Gasteiger charge is -2.30. The molecule has 0 unspecified atom stereocenters. The first kappa shape index (κ1) is 16.9. The highest BCUT2D eigenvalue weighted by Gasteiger charge is 2.25. The van der Waals surface area contributed by atoms with Gasteiger partial charge in [-0.15, -0.1) is 0 Å². The van der Waals surface area contributed by atoms with Gasteiger partial charge in [0.15, 0.2) is 11.5 Å². The maximum atomic E-state index is 12.3. The molecule has 3 rings (SSSR count). The molecule has 0 spiro atoms. The summed E-state index contributed by atoms with van der Waals surface area (Å²) < 4.78 is 10.9. The fraction of sp³-hybridized carbons (Fsp3) is 0.500. The zero-order valence-electron chi connectivity index (χ0n) is 13.2. The van der Waals surface area contributed by atoms with Crippen LogP contribution in [0.3, 0.4) is 0 Å². The summed E-state index contributed by atoms with van der Waals surface area (Å²) in [5, 5.41) is 3.18. The minimum atomic E-state index is -0.310. The van der Waals surface area contributed by atoms with Crippen molar-refractivity contribution in [2.24, 2.45) is 11.7 Å². The van der Waals surface area contributed by atoms with Crippen molar-refractivity contribution in [3.8, 4) is 11.5 Å². The van der Waals surface area contributed by atoms with E-state index in [2.05, 4.69) is 5.32 Å². The molecule has 0 aromatic heterocycles. The first-order valence-electron chi connectivity index (χ1n) is 7.93. The Bertz CT molecular complexity index is 652. The van der Waals surface area contributed by atoms with Crippen LogP contribution in [0.2, 0.25) is 5.02 Å². The molecule has 1 atom stereocenters. The van der Waals surface area contributed by atoms with Gasteiger partial charge in [-0.2, -0.15) is 0 Å². The Labute approximate surface area is 145 Å². The van der Waals surface area contributed by atoms with E-state index in [0.717, 1.165) is 19.4 Å². The van der Waals surface area contributed by atoms with Crippen LogP contribution in [0.5, 0.6) is 11.5 Å². The molecule has 0 radical (unpaired) electrons. The van der Waals surface area contributed by atoms with Gasteiger partial charge in [0.2, 0.25) is 11.8 Å². The number of anilines is 1. The van der Waals surface area contributed by atoms with Crippen LogP contribution in [0.4, 0.5) is 5.69 Å². The van der Waals surface area contributed by atoms with E-state index in [1.54, 1.807) is 12.1 Å². The standard InChI is InChI=1S/C16H20ClN3O4/c17-11-6-13-14(24-5-4-23-13)7-12(11)19-15(21)9-20-3-1-2-10(8-20)16(18)22/h6-7,10H,1-5,8-9H2,(H2,18,22)(H,19,21)/t10-/m1/s1. The van der Waals surface area contributed by atoms with Crippen LogP contribution in [0.1, 0.15) is 12.8 Å². The molecule has 2 aliphatic rings. The molecule has 24 heavy (non-hydrogen) atoms. The number of ether oxygens (including phenoxy) is 2. The number of primary amides is 1. The smallest absolute Gasteiger partial charge is 0.238 e. The molecule has 130 valence electrons. The summed E-state index contributed by atoms with van der Waals surface area (Å²) in [6.45, 7) is 2.41. The van der Waals surface area contributed by atoms with E-state index in [4.69, 9.17) is 26.8 Å². The first-order valence-corrected chi connectivity index (χ1v) is 8.31. The number of piperidine rings is 1. The predicted octanol–water partition coefficient (Wildman–Crippen LogP) is 1.25. The Kier molecular flexibility index (Phi) is 5.11. The van der Waals surface area contributed by atoms with E-state index >= 15 is 0 Å². The second-order valence-electron chi connectivity index (χ2n) is 6.00. The number of carbonyl (C=O) groups is 2. The first-order chi connectivity index (χ1) is 11.5. The van der Waals surface area contributed by atoms with Gasteiger partial charge in [0.1, 0.15) is 13.2 Å². The number of nitrogens with one attached hydrogen (secondary N) is 1. The highest BCUT2D eigenvalue weighted by molar-refractivity contribution is 6.34. The molecule has 2 amide bonds. The molecule has 1 saturated heterocycles. The number of rotatable bonds is 4. The Morgan fingerprint density at radius 1 is 1.29 bits per heavy atom. The summed E-state index contributed by atoms with van der Waals surface area (Å²) in [6.07, 6.45) is 1.63. The Morgan fingerprint density at radius 2 is 2.00 bits per heavy atom. The van der Waals surface area contributed by atoms with Crippen LogP contribution >= 0.6 is 11.6 Å². The SMILES string of the molecule is NC(=O)[C@@H]1CCCN(CC(=O)Nc2cc3c(cc2Cl)OCCO3)C1. The largest absolute Gasteiger partial charge is 0.486 e. The Morgan fingerprint density at radius 3 is 2.71 bits per heavy atom. The topological polar surface area (TPSA) is 93.9 Å². The summed E-state index contributed by atoms with van der Waals surface area (Å²) >= 11 is 6.19. The minimum absolute atomic E-state index is 0.189. The van der Waals surface area contributed by atoms with Crippen LogP contribution in [0.15, 0.2) is 12.1 Å². The van der Waals surface area contributed by atoms with Crippen molar-refractivity contribution >= 4 is 29.1 Å². The molecule has 1 fully saturated rings. The third kappa shape index (κ3) is 3.91. The van der Waals surface area contributed by atoms with Gasteiger partial charge in [-0.25, -0.2) is 0 Å². The number of likely N-dealkylation sites (tertiary alicyclic amines) is 1. The molecule has 1 aromatic rings. The number of carbonyl (C=O) groups excluding carboxylic acids is 2. The van der Waals surface area contributed by atoms with Crippen molar-refractivity contribution < 1.29 is 19.1 Å². The molecule has 3 N–H and O–H groups in total. The molecular weight excluding hydrogens is 334 g/mol. The number of amides is 2. The monoisotopic (exact) mass is 353 g/mol. The number of nitrogens with two attached hydrogens (primary N) is 1. The second kappa shape index (κ2) is 7.27. The highest BCUT2D eigenvalue weighted by Crippen LogP contribution is 2.37. The third-order valence-corrected chi connectivity index (χ3v) is 4.49. The molecule has 1 aromatic carbocycles. The molecule has 2 heterocycles. The molecular formula is C16H20ClN3O4. The maximum Gasteiger partial charge on any atom is 0.238 e. The lowest BCUT2D eigenvalue weighted by atomic mass is 9.97.